The SMILES string of the molecule is CCCCC/C=C\C/C=C\CCCCCCCCCCCCCCCC(=O)OC(/C=C\CCCCCCCCCCCCC)C(COP(=O)([O-])OCC[N+](C)(C)C)NC(=O)CCCCCCCCCCCCCCCCCCC/C=C/CCCCCCCC. The number of hydrogen-bond donors (Lipinski definition) is 1. The van der Waals surface area contributed by atoms with E-state index >= 15 is 0 Å². The van der Waals surface area contributed by atoms with E-state index in [4.69, 9.17) is 13.8 Å². The molecule has 0 heterocycles. The average Bonchev–Trinajstić information content (AvgIpc) is 3.57. The number of nitrogens with one attached hydrogen (secondary N) is 1. The number of hydrogen-bond acceptors (Lipinski definition) is 7. The van der Waals surface area contributed by atoms with Crippen LogP contribution in [0.1, 0.15) is 393 Å². The van der Waals surface area contributed by atoms with Crippen molar-refractivity contribution in [3.8, 4) is 0 Å². The van der Waals surface area contributed by atoms with Crippen LogP contribution in [0.3, 0.4) is 0 Å². The summed E-state index contributed by atoms with van der Waals surface area (Å²) in [6, 6.07) is -0.888. The van der Waals surface area contributed by atoms with E-state index in [-0.39, 0.29) is 31.5 Å². The van der Waals surface area contributed by atoms with Crippen LogP contribution in [0.4, 0.5) is 0 Å². The monoisotopic (exact) mass is 1270 g/mol. The number of likely N-dealkylation sites (N-methyl/N-ethyl adjacent to an activating group) is 1. The standard InChI is InChI=1S/C79H151N2O7P/c1-7-10-13-16-19-22-25-28-30-32-34-36-38-39-40-41-43-44-46-48-50-53-56-59-62-65-68-71-78(82)80-76(75-87-89(84,85)86-74-73-81(4,5)6)77(70-67-64-61-58-55-52-27-24-21-18-15-12-9-3)88-79(83)72-69-66-63-60-57-54-51-49-47-45-42-37-35-33-31-29-26-23-20-17-14-11-8-2/h20,23,28-31,67,70,76-77H,7-19,21-22,24-27,32-66,68-69,71-75H2,1-6H3,(H-,80,82,84,85)/b23-20-,30-28+,31-29-,70-67-. The van der Waals surface area contributed by atoms with Gasteiger partial charge in [-0.3, -0.25) is 14.2 Å². The molecule has 0 aromatic rings. The molecule has 0 aromatic carbocycles. The van der Waals surface area contributed by atoms with Gasteiger partial charge in [-0.2, -0.15) is 0 Å². The van der Waals surface area contributed by atoms with Gasteiger partial charge in [-0.25, -0.2) is 0 Å². The van der Waals surface area contributed by atoms with Gasteiger partial charge in [0.2, 0.25) is 5.91 Å². The van der Waals surface area contributed by atoms with E-state index in [1.165, 1.54) is 295 Å². The zero-order chi connectivity index (χ0) is 64.9. The normalized spacial score (nSPS) is 13.7. The maximum atomic E-state index is 13.6. The second-order valence-corrected chi connectivity index (χ2v) is 29.3. The van der Waals surface area contributed by atoms with Crippen molar-refractivity contribution in [2.45, 2.75) is 405 Å². The van der Waals surface area contributed by atoms with E-state index in [2.05, 4.69) is 62.5 Å². The van der Waals surface area contributed by atoms with Crippen molar-refractivity contribution in [1.82, 2.24) is 5.32 Å². The molecule has 1 amide bonds. The number of esters is 1. The fourth-order valence-corrected chi connectivity index (χ4v) is 12.5. The highest BCUT2D eigenvalue weighted by atomic mass is 31.2. The van der Waals surface area contributed by atoms with Gasteiger partial charge in [-0.1, -0.05) is 339 Å². The Balaban J connectivity index is 4.96. The third-order valence-electron chi connectivity index (χ3n) is 17.7. The number of unbranched alkanes of at least 4 members (excludes halogenated alkanes) is 50. The first-order chi connectivity index (χ1) is 43.4. The maximum Gasteiger partial charge on any atom is 0.306 e. The molecule has 9 nitrogen and oxygen atoms in total. The Labute approximate surface area is 554 Å². The summed E-state index contributed by atoms with van der Waals surface area (Å²) < 4.78 is 30.6. The lowest BCUT2D eigenvalue weighted by Gasteiger charge is -2.30. The molecule has 0 aliphatic heterocycles. The van der Waals surface area contributed by atoms with Crippen molar-refractivity contribution >= 4 is 19.7 Å². The van der Waals surface area contributed by atoms with E-state index in [1.54, 1.807) is 0 Å². The number of ether oxygens (including phenoxy) is 1. The Kier molecular flexibility index (Phi) is 67.2. The Bertz CT molecular complexity index is 1660. The Morgan fingerprint density at radius 1 is 0.393 bits per heavy atom. The van der Waals surface area contributed by atoms with Crippen LogP contribution in [-0.4, -0.2) is 69.4 Å². The molecule has 10 heteroatoms. The van der Waals surface area contributed by atoms with Gasteiger partial charge in [0, 0.05) is 12.8 Å². The smallest absolute Gasteiger partial charge is 0.306 e. The summed E-state index contributed by atoms with van der Waals surface area (Å²) in [7, 11) is 1.20. The minimum atomic E-state index is -4.71. The fraction of sp³-hybridized carbons (Fsp3) is 0.873. The topological polar surface area (TPSA) is 114 Å². The average molecular weight is 1270 g/mol. The largest absolute Gasteiger partial charge is 0.756 e. The van der Waals surface area contributed by atoms with E-state index in [0.29, 0.717) is 17.4 Å². The molecular weight excluding hydrogens is 1120 g/mol. The van der Waals surface area contributed by atoms with Crippen molar-refractivity contribution in [1.29, 1.82) is 0 Å². The molecule has 0 aromatic heterocycles. The molecule has 0 aliphatic rings. The summed E-state index contributed by atoms with van der Waals surface area (Å²) in [6.45, 7) is 6.88. The quantitative estimate of drug-likeness (QED) is 0.0212. The number of quaternary nitrogens is 1. The van der Waals surface area contributed by atoms with Gasteiger partial charge in [0.05, 0.1) is 33.8 Å². The van der Waals surface area contributed by atoms with Crippen LogP contribution in [0.25, 0.3) is 0 Å². The lowest BCUT2D eigenvalue weighted by molar-refractivity contribution is -0.870. The number of nitrogens with zero attached hydrogens (tertiary/aromatic N) is 1. The lowest BCUT2D eigenvalue weighted by atomic mass is 10.0. The number of phosphoric acid groups is 1. The highest BCUT2D eigenvalue weighted by molar-refractivity contribution is 7.45. The fourth-order valence-electron chi connectivity index (χ4n) is 11.7. The molecule has 0 saturated heterocycles. The first-order valence-electron chi connectivity index (χ1n) is 38.9. The predicted octanol–water partition coefficient (Wildman–Crippen LogP) is 24.5. The van der Waals surface area contributed by atoms with E-state index in [0.717, 1.165) is 64.2 Å². The molecular formula is C79H151N2O7P. The molecule has 89 heavy (non-hydrogen) atoms. The summed E-state index contributed by atoms with van der Waals surface area (Å²) in [5.74, 6) is -0.520. The molecule has 0 rings (SSSR count). The highest BCUT2D eigenvalue weighted by Crippen LogP contribution is 2.38. The minimum absolute atomic E-state index is 0.0201. The van der Waals surface area contributed by atoms with Crippen LogP contribution in [0.15, 0.2) is 48.6 Å². The lowest BCUT2D eigenvalue weighted by Crippen LogP contribution is -2.47. The second kappa shape index (κ2) is 68.8. The number of carbonyl (C=O) groups excluding carboxylic acids is 2. The molecule has 3 unspecified atom stereocenters. The van der Waals surface area contributed by atoms with Gasteiger partial charge in [0.1, 0.15) is 19.3 Å². The molecule has 0 radical (unpaired) electrons. The van der Waals surface area contributed by atoms with Gasteiger partial charge < -0.3 is 28.5 Å². The second-order valence-electron chi connectivity index (χ2n) is 27.9. The van der Waals surface area contributed by atoms with E-state index in [1.807, 2.05) is 33.3 Å². The predicted molar refractivity (Wildman–Crippen MR) is 386 cm³/mol. The molecule has 0 bridgehead atoms. The zero-order valence-electron chi connectivity index (χ0n) is 60.2. The number of amides is 1. The first-order valence-corrected chi connectivity index (χ1v) is 40.4. The van der Waals surface area contributed by atoms with E-state index < -0.39 is 20.0 Å². The van der Waals surface area contributed by atoms with Crippen molar-refractivity contribution < 1.29 is 37.3 Å². The molecule has 0 saturated carbocycles. The third-order valence-corrected chi connectivity index (χ3v) is 18.7. The van der Waals surface area contributed by atoms with Crippen LogP contribution >= 0.6 is 7.82 Å². The van der Waals surface area contributed by atoms with Crippen molar-refractivity contribution in [2.24, 2.45) is 0 Å². The van der Waals surface area contributed by atoms with Crippen molar-refractivity contribution in [2.75, 3.05) is 40.9 Å². The summed E-state index contributed by atoms with van der Waals surface area (Å²) in [6.07, 6.45) is 88.2. The van der Waals surface area contributed by atoms with Crippen LogP contribution in [0.5, 0.6) is 0 Å². The number of allylic oxidation sites excluding steroid dienone is 7. The third kappa shape index (κ3) is 70.1. The van der Waals surface area contributed by atoms with Crippen molar-refractivity contribution in [3.05, 3.63) is 48.6 Å². The number of rotatable bonds is 72. The summed E-state index contributed by atoms with van der Waals surface area (Å²) in [5, 5.41) is 3.06. The van der Waals surface area contributed by atoms with Crippen molar-refractivity contribution in [3.63, 3.8) is 0 Å². The molecule has 0 fully saturated rings. The minimum Gasteiger partial charge on any atom is -0.756 e. The van der Waals surface area contributed by atoms with Gasteiger partial charge >= 0.3 is 5.97 Å². The van der Waals surface area contributed by atoms with Gasteiger partial charge in [-0.15, -0.1) is 0 Å². The Morgan fingerprint density at radius 2 is 0.685 bits per heavy atom. The molecule has 1 N–H and O–H groups in total. The summed E-state index contributed by atoms with van der Waals surface area (Å²) in [5.41, 5.74) is 0. The van der Waals surface area contributed by atoms with Crippen LogP contribution in [0.2, 0.25) is 0 Å². The van der Waals surface area contributed by atoms with Gasteiger partial charge in [0.15, 0.2) is 0 Å². The van der Waals surface area contributed by atoms with Gasteiger partial charge in [-0.05, 0) is 89.5 Å². The number of carbonyl (C=O) groups is 2. The van der Waals surface area contributed by atoms with E-state index in [9.17, 15) is 19.0 Å². The Morgan fingerprint density at radius 3 is 1.04 bits per heavy atom. The summed E-state index contributed by atoms with van der Waals surface area (Å²) >= 11 is 0. The molecule has 0 spiro atoms. The maximum absolute atomic E-state index is 13.6. The number of phosphoric ester groups is 1. The highest BCUT2D eigenvalue weighted by Gasteiger charge is 2.27. The first kappa shape index (κ1) is 87.0. The van der Waals surface area contributed by atoms with Crippen LogP contribution < -0.4 is 10.2 Å². The molecule has 0 aliphatic carbocycles. The molecule has 524 valence electrons. The summed E-state index contributed by atoms with van der Waals surface area (Å²) in [4.78, 5) is 40.3. The zero-order valence-corrected chi connectivity index (χ0v) is 61.1. The van der Waals surface area contributed by atoms with Crippen LogP contribution in [-0.2, 0) is 27.9 Å². The molecule has 3 atom stereocenters. The Hall–Kier alpha value is -2.03. The van der Waals surface area contributed by atoms with Crippen LogP contribution in [0, 0.1) is 0 Å². The van der Waals surface area contributed by atoms with Gasteiger partial charge in [0.25, 0.3) is 7.82 Å².